The molecule has 0 aliphatic carbocycles. The van der Waals surface area contributed by atoms with E-state index in [1.54, 1.807) is 6.08 Å². The minimum absolute atomic E-state index is 1.06. The van der Waals surface area contributed by atoms with Crippen molar-refractivity contribution >= 4 is 28.1 Å². The van der Waals surface area contributed by atoms with E-state index in [9.17, 15) is 4.79 Å². The van der Waals surface area contributed by atoms with Gasteiger partial charge < -0.3 is 10.4 Å². The summed E-state index contributed by atoms with van der Waals surface area (Å²) in [7, 11) is 0. The summed E-state index contributed by atoms with van der Waals surface area (Å²) < 4.78 is -1.36. The number of carboxylic acids is 1. The second kappa shape index (κ2) is 2.42. The van der Waals surface area contributed by atoms with E-state index in [1.807, 2.05) is 0 Å². The van der Waals surface area contributed by atoms with Crippen LogP contribution < -0.4 is 5.32 Å². The van der Waals surface area contributed by atoms with Crippen molar-refractivity contribution < 1.29 is 9.90 Å². The van der Waals surface area contributed by atoms with Gasteiger partial charge in [0.15, 0.2) is 0 Å². The Morgan fingerprint density at radius 2 is 2.50 bits per heavy atom. The molecule has 0 spiro atoms. The van der Waals surface area contributed by atoms with Crippen molar-refractivity contribution in [1.29, 1.82) is 0 Å². The third-order valence-electron chi connectivity index (χ3n) is 0.993. The summed E-state index contributed by atoms with van der Waals surface area (Å²) in [6.07, 6.45) is 4.54. The Bertz CT molecular complexity index is 214. The summed E-state index contributed by atoms with van der Waals surface area (Å²) in [4.78, 5) is 14.1. The van der Waals surface area contributed by atoms with E-state index in [-0.39, 0.29) is 0 Å². The van der Waals surface area contributed by atoms with E-state index >= 15 is 0 Å². The van der Waals surface area contributed by atoms with E-state index < -0.39 is 10.5 Å². The fourth-order valence-corrected chi connectivity index (χ4v) is 0.752. The smallest absolute Gasteiger partial charge is 0.364 e. The van der Waals surface area contributed by atoms with Gasteiger partial charge >= 0.3 is 5.97 Å². The van der Waals surface area contributed by atoms with Crippen LogP contribution in [0.2, 0.25) is 0 Å². The number of halogens is 1. The topological polar surface area (TPSA) is 61.7 Å². The first kappa shape index (κ1) is 7.27. The highest BCUT2D eigenvalue weighted by Crippen LogP contribution is 2.17. The lowest BCUT2D eigenvalue weighted by molar-refractivity contribution is -0.140. The lowest BCUT2D eigenvalue weighted by Crippen LogP contribution is -2.43. The molecule has 2 N–H and O–H groups in total. The van der Waals surface area contributed by atoms with Gasteiger partial charge in [0.2, 0.25) is 0 Å². The minimum Gasteiger partial charge on any atom is -0.477 e. The summed E-state index contributed by atoms with van der Waals surface area (Å²) in [6.45, 7) is 0. The molecule has 1 unspecified atom stereocenters. The second-order valence-corrected chi connectivity index (χ2v) is 2.86. The summed E-state index contributed by atoms with van der Waals surface area (Å²) in [6, 6.07) is 0. The fourth-order valence-electron chi connectivity index (χ4n) is 0.502. The standard InChI is InChI=1S/C5H5BrN2O2/c6-5(4(9)10)7-2-1-3-8-5/h1-3,7H,(H,9,10). The highest BCUT2D eigenvalue weighted by Gasteiger charge is 2.33. The average molecular weight is 205 g/mol. The zero-order chi connectivity index (χ0) is 7.61. The molecule has 0 aromatic rings. The summed E-state index contributed by atoms with van der Waals surface area (Å²) in [5.74, 6) is -1.06. The van der Waals surface area contributed by atoms with Gasteiger partial charge in [-0.2, -0.15) is 0 Å². The molecule has 5 heteroatoms. The molecule has 0 radical (unpaired) electrons. The van der Waals surface area contributed by atoms with Crippen LogP contribution in [0.3, 0.4) is 0 Å². The Balaban J connectivity index is 2.80. The Hall–Kier alpha value is -0.840. The van der Waals surface area contributed by atoms with E-state index in [0.29, 0.717) is 0 Å². The van der Waals surface area contributed by atoms with Crippen molar-refractivity contribution in [2.45, 2.75) is 4.57 Å². The monoisotopic (exact) mass is 204 g/mol. The molecule has 1 aliphatic rings. The first-order valence-corrected chi connectivity index (χ1v) is 3.35. The third-order valence-corrected chi connectivity index (χ3v) is 1.77. The number of nitrogens with zero attached hydrogens (tertiary/aromatic N) is 1. The molecule has 1 atom stereocenters. The van der Waals surface area contributed by atoms with Crippen molar-refractivity contribution in [3.8, 4) is 0 Å². The third kappa shape index (κ3) is 1.18. The maximum Gasteiger partial charge on any atom is 0.364 e. The molecule has 4 nitrogen and oxygen atoms in total. The van der Waals surface area contributed by atoms with Crippen molar-refractivity contribution in [3.63, 3.8) is 0 Å². The van der Waals surface area contributed by atoms with Crippen molar-refractivity contribution in [2.24, 2.45) is 4.99 Å². The minimum atomic E-state index is -1.36. The first-order chi connectivity index (χ1) is 4.65. The van der Waals surface area contributed by atoms with E-state index in [2.05, 4.69) is 26.2 Å². The van der Waals surface area contributed by atoms with Gasteiger partial charge in [-0.3, -0.25) is 0 Å². The van der Waals surface area contributed by atoms with Crippen LogP contribution in [-0.2, 0) is 4.79 Å². The molecular formula is C5H5BrN2O2. The summed E-state index contributed by atoms with van der Waals surface area (Å²) in [5.41, 5.74) is 0. The number of carboxylic acid groups (broad SMARTS) is 1. The zero-order valence-corrected chi connectivity index (χ0v) is 6.50. The van der Waals surface area contributed by atoms with Crippen molar-refractivity contribution in [2.75, 3.05) is 0 Å². The Morgan fingerprint density at radius 1 is 1.80 bits per heavy atom. The normalized spacial score (nSPS) is 29.7. The molecule has 54 valence electrons. The number of aliphatic imine (C=N–C) groups is 1. The molecule has 0 aromatic carbocycles. The SMILES string of the molecule is O=C(O)C1(Br)N=CC=CN1. The number of carbonyl (C=O) groups is 1. The fraction of sp³-hybridized carbons (Fsp3) is 0.200. The van der Waals surface area contributed by atoms with Gasteiger partial charge in [0.25, 0.3) is 4.57 Å². The molecule has 0 fully saturated rings. The van der Waals surface area contributed by atoms with Crippen LogP contribution in [0.1, 0.15) is 0 Å². The number of hydrogen-bond donors (Lipinski definition) is 2. The molecule has 1 rings (SSSR count). The summed E-state index contributed by atoms with van der Waals surface area (Å²) >= 11 is 2.90. The van der Waals surface area contributed by atoms with Gasteiger partial charge in [-0.1, -0.05) is 0 Å². The van der Waals surface area contributed by atoms with Gasteiger partial charge in [0.1, 0.15) is 0 Å². The molecule has 0 amide bonds. The van der Waals surface area contributed by atoms with E-state index in [4.69, 9.17) is 5.11 Å². The predicted octanol–water partition coefficient (Wildman–Crippen LogP) is 0.307. The molecular weight excluding hydrogens is 200 g/mol. The van der Waals surface area contributed by atoms with Crippen LogP contribution in [0.15, 0.2) is 17.3 Å². The van der Waals surface area contributed by atoms with E-state index in [0.717, 1.165) is 0 Å². The van der Waals surface area contributed by atoms with Crippen LogP contribution in [0, 0.1) is 0 Å². The van der Waals surface area contributed by atoms with Crippen LogP contribution in [0.25, 0.3) is 0 Å². The van der Waals surface area contributed by atoms with E-state index in [1.165, 1.54) is 12.4 Å². The molecule has 0 saturated heterocycles. The molecule has 1 heterocycles. The molecule has 0 bridgehead atoms. The Kier molecular flexibility index (Phi) is 1.76. The Labute approximate surface area is 65.8 Å². The quantitative estimate of drug-likeness (QED) is 0.478. The number of rotatable bonds is 1. The number of allylic oxidation sites excluding steroid dienone is 1. The van der Waals surface area contributed by atoms with Crippen molar-refractivity contribution in [3.05, 3.63) is 12.3 Å². The van der Waals surface area contributed by atoms with Gasteiger partial charge in [-0.05, 0) is 22.0 Å². The van der Waals surface area contributed by atoms with Crippen molar-refractivity contribution in [1.82, 2.24) is 5.32 Å². The Morgan fingerprint density at radius 3 is 2.80 bits per heavy atom. The maximum atomic E-state index is 10.4. The maximum absolute atomic E-state index is 10.4. The average Bonchev–Trinajstić information content (AvgIpc) is 1.89. The number of nitrogens with one attached hydrogen (secondary N) is 1. The lowest BCUT2D eigenvalue weighted by Gasteiger charge is -2.19. The van der Waals surface area contributed by atoms with Crippen LogP contribution in [-0.4, -0.2) is 21.9 Å². The first-order valence-electron chi connectivity index (χ1n) is 2.55. The van der Waals surface area contributed by atoms with Crippen LogP contribution >= 0.6 is 15.9 Å². The zero-order valence-electron chi connectivity index (χ0n) is 4.91. The largest absolute Gasteiger partial charge is 0.477 e. The van der Waals surface area contributed by atoms with Gasteiger partial charge in [-0.25, -0.2) is 9.79 Å². The van der Waals surface area contributed by atoms with Crippen LogP contribution in [0.5, 0.6) is 0 Å². The number of alkyl halides is 1. The van der Waals surface area contributed by atoms with Gasteiger partial charge in [-0.15, -0.1) is 0 Å². The highest BCUT2D eigenvalue weighted by molar-refractivity contribution is 9.10. The molecule has 10 heavy (non-hydrogen) atoms. The molecule has 0 saturated carbocycles. The lowest BCUT2D eigenvalue weighted by atomic mass is 10.4. The highest BCUT2D eigenvalue weighted by atomic mass is 79.9. The number of aliphatic carboxylic acids is 1. The second-order valence-electron chi connectivity index (χ2n) is 1.71. The van der Waals surface area contributed by atoms with Crippen LogP contribution in [0.4, 0.5) is 0 Å². The summed E-state index contributed by atoms with van der Waals surface area (Å²) in [5, 5.41) is 11.1. The van der Waals surface area contributed by atoms with Gasteiger partial charge in [0, 0.05) is 12.4 Å². The molecule has 0 aromatic heterocycles. The molecule has 1 aliphatic heterocycles. The van der Waals surface area contributed by atoms with Gasteiger partial charge in [0.05, 0.1) is 0 Å². The number of hydrogen-bond acceptors (Lipinski definition) is 3. The predicted molar refractivity (Wildman–Crippen MR) is 40.1 cm³/mol.